The molecule has 2 unspecified atom stereocenters. The van der Waals surface area contributed by atoms with E-state index in [1.54, 1.807) is 6.07 Å². The number of hydrogen-bond acceptors (Lipinski definition) is 2. The van der Waals surface area contributed by atoms with Gasteiger partial charge >= 0.3 is 0 Å². The molecule has 1 saturated carbocycles. The highest BCUT2D eigenvalue weighted by Gasteiger charge is 2.42. The molecule has 0 N–H and O–H groups in total. The van der Waals surface area contributed by atoms with Crippen LogP contribution < -0.4 is 0 Å². The van der Waals surface area contributed by atoms with E-state index in [1.165, 1.54) is 11.5 Å². The first-order chi connectivity index (χ1) is 14.6. The number of benzene rings is 2. The second-order valence-electron chi connectivity index (χ2n) is 8.72. The third-order valence-corrected chi connectivity index (χ3v) is 7.66. The Bertz CT molecular complexity index is 1210. The van der Waals surface area contributed by atoms with Crippen LogP contribution in [0.5, 0.6) is 0 Å². The van der Waals surface area contributed by atoms with Crippen molar-refractivity contribution in [2.45, 2.75) is 44.4 Å². The van der Waals surface area contributed by atoms with E-state index in [0.29, 0.717) is 17.4 Å². The lowest BCUT2D eigenvalue weighted by Crippen LogP contribution is -2.19. The zero-order valence-electron chi connectivity index (χ0n) is 16.2. The van der Waals surface area contributed by atoms with Crippen molar-refractivity contribution in [3.63, 3.8) is 0 Å². The normalized spacial score (nSPS) is 23.6. The lowest BCUT2D eigenvalue weighted by Gasteiger charge is -2.29. The number of allylic oxidation sites excluding steroid dienone is 1. The summed E-state index contributed by atoms with van der Waals surface area (Å²) in [6, 6.07) is 5.71. The van der Waals surface area contributed by atoms with Crippen molar-refractivity contribution in [1.82, 2.24) is 4.37 Å². The SMILES string of the molecule is FC1=C(F)C(C2CC2)Cc2c1c(F)c(F)c1c3c(ccc21)C(c1ccsn1)CCC3. The highest BCUT2D eigenvalue weighted by molar-refractivity contribution is 7.03. The number of fused-ring (bicyclic) bond motifs is 5. The Morgan fingerprint density at radius 3 is 2.50 bits per heavy atom. The molecule has 6 heteroatoms. The van der Waals surface area contributed by atoms with E-state index in [1.807, 2.05) is 17.5 Å². The molecule has 0 amide bonds. The molecule has 0 bridgehead atoms. The van der Waals surface area contributed by atoms with Crippen LogP contribution >= 0.6 is 11.5 Å². The summed E-state index contributed by atoms with van der Waals surface area (Å²) in [6.45, 7) is 0. The molecule has 0 radical (unpaired) electrons. The summed E-state index contributed by atoms with van der Waals surface area (Å²) >= 11 is 1.38. The number of aryl methyl sites for hydroxylation is 1. The van der Waals surface area contributed by atoms with Gasteiger partial charge < -0.3 is 0 Å². The van der Waals surface area contributed by atoms with Gasteiger partial charge in [0.15, 0.2) is 17.5 Å². The third kappa shape index (κ3) is 2.55. The second kappa shape index (κ2) is 6.64. The van der Waals surface area contributed by atoms with Gasteiger partial charge in [-0.1, -0.05) is 12.1 Å². The van der Waals surface area contributed by atoms with Gasteiger partial charge in [-0.2, -0.15) is 4.37 Å². The highest BCUT2D eigenvalue weighted by Crippen LogP contribution is 2.51. The molecule has 2 atom stereocenters. The van der Waals surface area contributed by atoms with Crippen LogP contribution in [0.3, 0.4) is 0 Å². The van der Waals surface area contributed by atoms with E-state index in [4.69, 9.17) is 0 Å². The van der Waals surface area contributed by atoms with Gasteiger partial charge in [-0.3, -0.25) is 0 Å². The smallest absolute Gasteiger partial charge is 0.170 e. The molecule has 6 rings (SSSR count). The molecular weight excluding hydrogens is 410 g/mol. The van der Waals surface area contributed by atoms with Gasteiger partial charge in [0.25, 0.3) is 0 Å². The number of halogens is 4. The molecule has 3 aromatic rings. The average Bonchev–Trinajstić information content (AvgIpc) is 3.45. The summed E-state index contributed by atoms with van der Waals surface area (Å²) in [5.74, 6) is -4.87. The summed E-state index contributed by atoms with van der Waals surface area (Å²) in [4.78, 5) is 0. The maximum absolute atomic E-state index is 15.3. The van der Waals surface area contributed by atoms with Gasteiger partial charge in [0.1, 0.15) is 5.83 Å². The van der Waals surface area contributed by atoms with Gasteiger partial charge in [0.05, 0.1) is 11.3 Å². The minimum atomic E-state index is -1.26. The topological polar surface area (TPSA) is 12.9 Å². The van der Waals surface area contributed by atoms with Crippen molar-refractivity contribution in [2.24, 2.45) is 11.8 Å². The number of hydrogen-bond donors (Lipinski definition) is 0. The summed E-state index contributed by atoms with van der Waals surface area (Å²) in [6.07, 6.45) is 4.33. The molecule has 30 heavy (non-hydrogen) atoms. The number of nitrogens with zero attached hydrogens (tertiary/aromatic N) is 1. The molecule has 3 aliphatic rings. The fourth-order valence-electron chi connectivity index (χ4n) is 5.50. The van der Waals surface area contributed by atoms with Crippen LogP contribution in [0, 0.1) is 23.5 Å². The fraction of sp³-hybridized carbons (Fsp3) is 0.375. The van der Waals surface area contributed by atoms with E-state index in [-0.39, 0.29) is 23.6 Å². The summed E-state index contributed by atoms with van der Waals surface area (Å²) in [7, 11) is 0. The second-order valence-corrected chi connectivity index (χ2v) is 9.38. The van der Waals surface area contributed by atoms with E-state index in [9.17, 15) is 8.78 Å². The first-order valence-electron chi connectivity index (χ1n) is 10.5. The quantitative estimate of drug-likeness (QED) is 0.392. The van der Waals surface area contributed by atoms with Crippen molar-refractivity contribution < 1.29 is 17.6 Å². The summed E-state index contributed by atoms with van der Waals surface area (Å²) in [5, 5.41) is 2.69. The van der Waals surface area contributed by atoms with Crippen LogP contribution in [0.2, 0.25) is 0 Å². The van der Waals surface area contributed by atoms with Crippen molar-refractivity contribution >= 4 is 28.1 Å². The van der Waals surface area contributed by atoms with Gasteiger partial charge in [-0.25, -0.2) is 17.6 Å². The summed E-state index contributed by atoms with van der Waals surface area (Å²) in [5.41, 5.74) is 2.60. The van der Waals surface area contributed by atoms with Crippen molar-refractivity contribution in [3.05, 3.63) is 69.0 Å². The zero-order chi connectivity index (χ0) is 20.6. The van der Waals surface area contributed by atoms with Gasteiger partial charge in [0.2, 0.25) is 0 Å². The maximum atomic E-state index is 15.3. The summed E-state index contributed by atoms with van der Waals surface area (Å²) < 4.78 is 64.3. The third-order valence-electron chi connectivity index (χ3n) is 7.09. The van der Waals surface area contributed by atoms with Crippen LogP contribution in [0.4, 0.5) is 17.6 Å². The Morgan fingerprint density at radius 2 is 1.77 bits per heavy atom. The lowest BCUT2D eigenvalue weighted by atomic mass is 9.76. The Balaban J connectivity index is 1.62. The first kappa shape index (κ1) is 18.6. The highest BCUT2D eigenvalue weighted by atomic mass is 32.1. The van der Waals surface area contributed by atoms with E-state index in [0.717, 1.165) is 42.5 Å². The van der Waals surface area contributed by atoms with Crippen LogP contribution in [0.25, 0.3) is 16.6 Å². The molecule has 1 nitrogen and oxygen atoms in total. The fourth-order valence-corrected chi connectivity index (χ4v) is 6.07. The zero-order valence-corrected chi connectivity index (χ0v) is 17.0. The molecule has 154 valence electrons. The molecule has 0 spiro atoms. The predicted molar refractivity (Wildman–Crippen MR) is 110 cm³/mol. The number of aromatic nitrogens is 1. The lowest BCUT2D eigenvalue weighted by molar-refractivity contribution is 0.400. The maximum Gasteiger partial charge on any atom is 0.170 e. The van der Waals surface area contributed by atoms with Crippen molar-refractivity contribution in [2.75, 3.05) is 0 Å². The van der Waals surface area contributed by atoms with Crippen molar-refractivity contribution in [3.8, 4) is 0 Å². The minimum absolute atomic E-state index is 0.0520. The Kier molecular flexibility index (Phi) is 4.11. The average molecular weight is 429 g/mol. The Labute approximate surface area is 175 Å². The molecule has 1 aromatic heterocycles. The minimum Gasteiger partial charge on any atom is -0.208 e. The van der Waals surface area contributed by atoms with Crippen molar-refractivity contribution in [1.29, 1.82) is 0 Å². The van der Waals surface area contributed by atoms with Crippen LogP contribution in [-0.2, 0) is 12.8 Å². The molecule has 0 aliphatic heterocycles. The Morgan fingerprint density at radius 1 is 0.933 bits per heavy atom. The van der Waals surface area contributed by atoms with Crippen LogP contribution in [0.1, 0.15) is 59.5 Å². The van der Waals surface area contributed by atoms with E-state index >= 15 is 8.78 Å². The van der Waals surface area contributed by atoms with Crippen LogP contribution in [0.15, 0.2) is 29.4 Å². The first-order valence-corrected chi connectivity index (χ1v) is 11.3. The molecule has 1 heterocycles. The Hall–Kier alpha value is -2.21. The monoisotopic (exact) mass is 429 g/mol. The van der Waals surface area contributed by atoms with Crippen LogP contribution in [-0.4, -0.2) is 4.37 Å². The van der Waals surface area contributed by atoms with Gasteiger partial charge in [0, 0.05) is 22.6 Å². The van der Waals surface area contributed by atoms with E-state index < -0.39 is 34.8 Å². The number of rotatable bonds is 2. The van der Waals surface area contributed by atoms with Gasteiger partial charge in [-0.15, -0.1) is 0 Å². The van der Waals surface area contributed by atoms with Gasteiger partial charge in [-0.05, 0) is 84.1 Å². The standard InChI is InChI=1S/C24H19F4NS/c25-21-16(11-4-5-11)10-17-15-7-6-12-13(18-8-9-30-29-18)2-1-3-14(12)19(15)22(26)24(28)20(17)23(21)27/h6-9,11,13,16H,1-5,10H2. The molecule has 0 saturated heterocycles. The van der Waals surface area contributed by atoms with E-state index in [2.05, 4.69) is 4.37 Å². The molecule has 1 fully saturated rings. The molecular formula is C24H19F4NS. The predicted octanol–water partition coefficient (Wildman–Crippen LogP) is 7.23. The largest absolute Gasteiger partial charge is 0.208 e. The molecule has 2 aromatic carbocycles. The molecule has 3 aliphatic carbocycles.